The van der Waals surface area contributed by atoms with E-state index in [2.05, 4.69) is 41.5 Å². The number of hydrogen-bond acceptors (Lipinski definition) is 13. The van der Waals surface area contributed by atoms with Crippen molar-refractivity contribution in [3.63, 3.8) is 0 Å². The lowest BCUT2D eigenvalue weighted by Gasteiger charge is -2.42. The molecule has 6 aromatic rings. The number of carbonyl (C=O) groups is 2. The number of hydrogen-bond donors (Lipinski definition) is 3. The number of fused-ring (bicyclic) bond motifs is 1. The number of piperidine rings is 1. The fraction of sp³-hybridized carbons (Fsp3) is 0.435. The highest BCUT2D eigenvalue weighted by molar-refractivity contribution is 7.18. The van der Waals surface area contributed by atoms with Crippen LogP contribution in [0.3, 0.4) is 0 Å². The standard InChI is InChI=1S/C46H52N8O5S2/c1-26(2)42(46(58)54-24-34(55)19-37(54)44(57)48-27(3)30-9-11-31(12-10-30)43-28(4)47-25-60-43)39-20-41(51-59-39)53-15-13-29(14-16-53)21-52-22-33(23-52)40-18-32-17-36(49-50-45(32)61-40)35-7-5-6-8-38(35)56/h5-12,17-18,20,25-27,29,33-34,37,42,55-56H,13-16,19,21-24H2,1-4H3,(H,48,57)/t27-,34+,37-,42-/m0/s1. The zero-order valence-electron chi connectivity index (χ0n) is 34.9. The van der Waals surface area contributed by atoms with Crippen molar-refractivity contribution < 1.29 is 24.3 Å². The topological polar surface area (TPSA) is 161 Å². The van der Waals surface area contributed by atoms with E-state index >= 15 is 0 Å². The Balaban J connectivity index is 0.771. The molecule has 0 saturated carbocycles. The molecule has 3 saturated heterocycles. The maximum Gasteiger partial charge on any atom is 0.243 e. The van der Waals surface area contributed by atoms with Gasteiger partial charge in [0.1, 0.15) is 22.5 Å². The number of phenolic OH excluding ortho intramolecular Hbond substituents is 1. The van der Waals surface area contributed by atoms with Crippen LogP contribution in [0.5, 0.6) is 5.75 Å². The van der Waals surface area contributed by atoms with Crippen LogP contribution in [0.15, 0.2) is 76.8 Å². The highest BCUT2D eigenvalue weighted by Gasteiger charge is 2.44. The Bertz CT molecular complexity index is 2500. The molecule has 0 spiro atoms. The molecule has 0 aliphatic carbocycles. The van der Waals surface area contributed by atoms with Gasteiger partial charge in [0.15, 0.2) is 11.6 Å². The molecule has 3 fully saturated rings. The summed E-state index contributed by atoms with van der Waals surface area (Å²) in [5.41, 5.74) is 6.22. The second kappa shape index (κ2) is 17.3. The van der Waals surface area contributed by atoms with Crippen molar-refractivity contribution in [1.82, 2.24) is 35.5 Å². The third kappa shape index (κ3) is 8.53. The summed E-state index contributed by atoms with van der Waals surface area (Å²) >= 11 is 3.31. The number of amides is 2. The molecule has 7 heterocycles. The number of nitrogens with zero attached hydrogens (tertiary/aromatic N) is 7. The van der Waals surface area contributed by atoms with Gasteiger partial charge in [-0.3, -0.25) is 9.59 Å². The molecule has 0 unspecified atom stereocenters. The van der Waals surface area contributed by atoms with E-state index in [1.54, 1.807) is 34.8 Å². The van der Waals surface area contributed by atoms with Crippen LogP contribution in [0, 0.1) is 18.8 Å². The molecule has 318 valence electrons. The smallest absolute Gasteiger partial charge is 0.243 e. The highest BCUT2D eigenvalue weighted by Crippen LogP contribution is 2.39. The summed E-state index contributed by atoms with van der Waals surface area (Å²) in [6.45, 7) is 12.8. The lowest BCUT2D eigenvalue weighted by molar-refractivity contribution is -0.141. The van der Waals surface area contributed by atoms with Gasteiger partial charge in [-0.05, 0) is 73.9 Å². The number of β-amino-alcohol motifs (C(OH)–C–C–N with tert-alkyl or cyclic N) is 1. The third-order valence-electron chi connectivity index (χ3n) is 12.7. The maximum absolute atomic E-state index is 14.3. The summed E-state index contributed by atoms with van der Waals surface area (Å²) in [4.78, 5) is 42.1. The molecular formula is C46H52N8O5S2. The molecular weight excluding hydrogens is 809 g/mol. The predicted octanol–water partition coefficient (Wildman–Crippen LogP) is 7.38. The number of anilines is 1. The summed E-state index contributed by atoms with van der Waals surface area (Å²) < 4.78 is 5.91. The van der Waals surface area contributed by atoms with Gasteiger partial charge in [-0.25, -0.2) is 4.98 Å². The quantitative estimate of drug-likeness (QED) is 0.113. The van der Waals surface area contributed by atoms with E-state index < -0.39 is 18.1 Å². The van der Waals surface area contributed by atoms with Gasteiger partial charge in [0.25, 0.3) is 0 Å². The Morgan fingerprint density at radius 2 is 1.75 bits per heavy atom. The molecule has 3 N–H and O–H groups in total. The van der Waals surface area contributed by atoms with Crippen molar-refractivity contribution in [2.45, 2.75) is 77.0 Å². The molecule has 4 aromatic heterocycles. The van der Waals surface area contributed by atoms with Crippen LogP contribution in [0.2, 0.25) is 0 Å². The van der Waals surface area contributed by atoms with E-state index in [-0.39, 0.29) is 42.5 Å². The number of aromatic hydroxyl groups is 1. The fourth-order valence-electron chi connectivity index (χ4n) is 9.19. The number of para-hydroxylation sites is 1. The van der Waals surface area contributed by atoms with Crippen molar-refractivity contribution in [3.05, 3.63) is 94.1 Å². The van der Waals surface area contributed by atoms with Crippen molar-refractivity contribution in [1.29, 1.82) is 0 Å². The molecule has 9 rings (SSSR count). The molecule has 3 aliphatic rings. The van der Waals surface area contributed by atoms with Gasteiger partial charge in [-0.2, -0.15) is 0 Å². The number of nitrogens with one attached hydrogen (secondary N) is 1. The zero-order valence-corrected chi connectivity index (χ0v) is 36.5. The maximum atomic E-state index is 14.3. The van der Waals surface area contributed by atoms with Gasteiger partial charge in [-0.1, -0.05) is 55.4 Å². The van der Waals surface area contributed by atoms with Gasteiger partial charge >= 0.3 is 0 Å². The Hall–Kier alpha value is -5.22. The van der Waals surface area contributed by atoms with Gasteiger partial charge in [0.2, 0.25) is 11.8 Å². The largest absolute Gasteiger partial charge is 0.507 e. The first-order valence-corrected chi connectivity index (χ1v) is 23.0. The van der Waals surface area contributed by atoms with Gasteiger partial charge < -0.3 is 34.8 Å². The second-order valence-corrected chi connectivity index (χ2v) is 19.2. The molecule has 13 nitrogen and oxygen atoms in total. The monoisotopic (exact) mass is 860 g/mol. The lowest BCUT2D eigenvalue weighted by Crippen LogP contribution is -2.48. The number of thiazole rings is 1. The van der Waals surface area contributed by atoms with E-state index in [0.29, 0.717) is 28.9 Å². The first kappa shape index (κ1) is 41.1. The van der Waals surface area contributed by atoms with Crippen LogP contribution in [-0.4, -0.2) is 104 Å². The molecule has 2 aromatic carbocycles. The Morgan fingerprint density at radius 3 is 2.48 bits per heavy atom. The molecule has 4 atom stereocenters. The van der Waals surface area contributed by atoms with Crippen LogP contribution in [0.4, 0.5) is 5.82 Å². The fourth-order valence-corrected chi connectivity index (χ4v) is 11.0. The van der Waals surface area contributed by atoms with Gasteiger partial charge in [-0.15, -0.1) is 32.9 Å². The van der Waals surface area contributed by atoms with Gasteiger partial charge in [0.05, 0.1) is 33.9 Å². The van der Waals surface area contributed by atoms with Crippen LogP contribution in [0.25, 0.3) is 31.9 Å². The van der Waals surface area contributed by atoms with Crippen molar-refractivity contribution in [2.24, 2.45) is 11.8 Å². The number of aliphatic hydroxyl groups is 1. The van der Waals surface area contributed by atoms with E-state index in [9.17, 15) is 19.8 Å². The van der Waals surface area contributed by atoms with Crippen molar-refractivity contribution >= 4 is 50.5 Å². The average molecular weight is 861 g/mol. The summed E-state index contributed by atoms with van der Waals surface area (Å²) in [6.07, 6.45) is 1.46. The van der Waals surface area contributed by atoms with Crippen molar-refractivity contribution in [3.8, 4) is 27.4 Å². The number of aliphatic hydroxyl groups excluding tert-OH is 1. The Morgan fingerprint density at radius 1 is 0.984 bits per heavy atom. The molecule has 0 bridgehead atoms. The minimum absolute atomic E-state index is 0.0875. The van der Waals surface area contributed by atoms with E-state index in [0.717, 1.165) is 83.3 Å². The van der Waals surface area contributed by atoms with Crippen LogP contribution in [-0.2, 0) is 9.59 Å². The minimum atomic E-state index is -0.796. The van der Waals surface area contributed by atoms with Crippen molar-refractivity contribution in [2.75, 3.05) is 44.2 Å². The minimum Gasteiger partial charge on any atom is -0.507 e. The number of likely N-dealkylation sites (tertiary alicyclic amines) is 2. The number of aryl methyl sites for hydroxylation is 1. The SMILES string of the molecule is Cc1ncsc1-c1ccc([C@H](C)NC(=O)[C@@H]2C[C@@H](O)CN2C(=O)[C@H](c2cc(N3CCC(CN4CC(c5cc6cc(-c7ccccc7O)nnc6s5)C4)CC3)no2)C(C)C)cc1. The number of carbonyl (C=O) groups excluding carboxylic acids is 2. The predicted molar refractivity (Wildman–Crippen MR) is 238 cm³/mol. The first-order chi connectivity index (χ1) is 29.5. The first-order valence-electron chi connectivity index (χ1n) is 21.3. The zero-order chi connectivity index (χ0) is 42.4. The molecule has 2 amide bonds. The number of phenols is 1. The summed E-state index contributed by atoms with van der Waals surface area (Å²) in [7, 11) is 0. The Labute approximate surface area is 363 Å². The third-order valence-corrected chi connectivity index (χ3v) is 14.9. The molecule has 61 heavy (non-hydrogen) atoms. The number of benzene rings is 2. The average Bonchev–Trinajstić information content (AvgIpc) is 4.06. The second-order valence-electron chi connectivity index (χ2n) is 17.3. The molecule has 15 heteroatoms. The highest BCUT2D eigenvalue weighted by atomic mass is 32.1. The number of thiophene rings is 1. The molecule has 0 radical (unpaired) electrons. The summed E-state index contributed by atoms with van der Waals surface area (Å²) in [6, 6.07) is 20.4. The summed E-state index contributed by atoms with van der Waals surface area (Å²) in [5, 5.41) is 38.5. The van der Waals surface area contributed by atoms with Crippen LogP contribution in [0.1, 0.15) is 79.8 Å². The molecule has 3 aliphatic heterocycles. The van der Waals surface area contributed by atoms with Gasteiger partial charge in [0, 0.05) is 73.5 Å². The van der Waals surface area contributed by atoms with Crippen LogP contribution >= 0.6 is 22.7 Å². The number of rotatable bonds is 12. The van der Waals surface area contributed by atoms with Crippen LogP contribution < -0.4 is 10.2 Å². The van der Waals surface area contributed by atoms with E-state index in [1.165, 1.54) is 9.78 Å². The normalized spacial score (nSPS) is 20.0. The van der Waals surface area contributed by atoms with E-state index in [1.807, 2.05) is 81.7 Å². The number of aromatic nitrogens is 4. The van der Waals surface area contributed by atoms with E-state index in [4.69, 9.17) is 4.52 Å². The Kier molecular flexibility index (Phi) is 11.7. The lowest BCUT2D eigenvalue weighted by atomic mass is 9.90. The summed E-state index contributed by atoms with van der Waals surface area (Å²) in [5.74, 6) is 1.19.